The van der Waals surface area contributed by atoms with Crippen LogP contribution in [-0.4, -0.2) is 72.7 Å². The van der Waals surface area contributed by atoms with Crippen LogP contribution in [0.4, 0.5) is 0 Å². The summed E-state index contributed by atoms with van der Waals surface area (Å²) in [6, 6.07) is 7.69. The van der Waals surface area contributed by atoms with E-state index < -0.39 is 0 Å². The third-order valence-corrected chi connectivity index (χ3v) is 7.28. The second kappa shape index (κ2) is 11.8. The molecule has 38 heavy (non-hydrogen) atoms. The molecule has 0 spiro atoms. The molecule has 2 aromatic carbocycles. The number of hydrogen-bond acceptors (Lipinski definition) is 8. The lowest BCUT2D eigenvalue weighted by molar-refractivity contribution is -0.149. The van der Waals surface area contributed by atoms with Crippen molar-refractivity contribution in [3.05, 3.63) is 46.5 Å². The van der Waals surface area contributed by atoms with Gasteiger partial charge >= 0.3 is 5.97 Å². The van der Waals surface area contributed by atoms with Crippen molar-refractivity contribution in [2.45, 2.75) is 32.3 Å². The van der Waals surface area contributed by atoms with Gasteiger partial charge in [0.2, 0.25) is 5.75 Å². The van der Waals surface area contributed by atoms with E-state index in [1.807, 2.05) is 31.2 Å². The smallest absolute Gasteiger partial charge is 0.310 e. The number of carbonyl (C=O) groups is 1. The zero-order valence-electron chi connectivity index (χ0n) is 23.3. The minimum absolute atomic E-state index is 0.0416. The van der Waals surface area contributed by atoms with E-state index in [4.69, 9.17) is 28.4 Å². The lowest BCUT2D eigenvalue weighted by atomic mass is 9.99. The fourth-order valence-electron chi connectivity index (χ4n) is 5.16. The summed E-state index contributed by atoms with van der Waals surface area (Å²) in [7, 11) is 10.1. The van der Waals surface area contributed by atoms with Crippen LogP contribution in [0.1, 0.15) is 42.9 Å². The van der Waals surface area contributed by atoms with Gasteiger partial charge < -0.3 is 33.3 Å². The molecule has 1 fully saturated rings. The number of carbonyl (C=O) groups excluding carboxylic acids is 1. The molecule has 0 aromatic heterocycles. The van der Waals surface area contributed by atoms with Crippen molar-refractivity contribution < 1.29 is 33.2 Å². The normalized spacial score (nSPS) is 16.9. The highest BCUT2D eigenvalue weighted by Gasteiger charge is 2.29. The molecular weight excluding hydrogens is 486 g/mol. The maximum atomic E-state index is 13.1. The molecule has 0 unspecified atom stereocenters. The van der Waals surface area contributed by atoms with Crippen molar-refractivity contribution in [2.24, 2.45) is 0 Å². The fourth-order valence-corrected chi connectivity index (χ4v) is 5.16. The van der Waals surface area contributed by atoms with E-state index in [1.54, 1.807) is 35.5 Å². The van der Waals surface area contributed by atoms with Gasteiger partial charge in [0.15, 0.2) is 23.0 Å². The van der Waals surface area contributed by atoms with Crippen molar-refractivity contribution in [1.29, 1.82) is 0 Å². The summed E-state index contributed by atoms with van der Waals surface area (Å²) >= 11 is 0. The highest BCUT2D eigenvalue weighted by atomic mass is 16.5. The van der Waals surface area contributed by atoms with E-state index in [1.165, 1.54) is 0 Å². The quantitative estimate of drug-likeness (QED) is 0.421. The lowest BCUT2D eigenvalue weighted by Gasteiger charge is -2.28. The highest BCUT2D eigenvalue weighted by molar-refractivity contribution is 6.08. The summed E-state index contributed by atoms with van der Waals surface area (Å²) in [5, 5.41) is 0. The van der Waals surface area contributed by atoms with E-state index in [-0.39, 0.29) is 18.5 Å². The van der Waals surface area contributed by atoms with Gasteiger partial charge in [-0.3, -0.25) is 4.79 Å². The van der Waals surface area contributed by atoms with Crippen LogP contribution < -0.4 is 23.7 Å². The molecule has 0 radical (unpaired) electrons. The van der Waals surface area contributed by atoms with Crippen LogP contribution in [0, 0.1) is 0 Å². The van der Waals surface area contributed by atoms with Crippen LogP contribution in [0.5, 0.6) is 28.7 Å². The van der Waals surface area contributed by atoms with Gasteiger partial charge in [-0.25, -0.2) is 0 Å². The number of ether oxygens (including phenoxy) is 6. The van der Waals surface area contributed by atoms with Crippen LogP contribution in [-0.2, 0) is 9.53 Å². The van der Waals surface area contributed by atoms with Gasteiger partial charge in [0.05, 0.1) is 42.0 Å². The lowest BCUT2D eigenvalue weighted by Crippen LogP contribution is -2.35. The molecule has 0 bridgehead atoms. The third kappa shape index (κ3) is 5.45. The number of benzene rings is 2. The predicted octanol–water partition coefficient (Wildman–Crippen LogP) is 5.08. The topological polar surface area (TPSA) is 75.7 Å². The first-order valence-corrected chi connectivity index (χ1v) is 12.7. The minimum atomic E-state index is -0.219. The van der Waals surface area contributed by atoms with Crippen molar-refractivity contribution in [1.82, 2.24) is 4.90 Å². The Morgan fingerprint density at radius 3 is 1.92 bits per heavy atom. The van der Waals surface area contributed by atoms with Gasteiger partial charge in [0.25, 0.3) is 0 Å². The van der Waals surface area contributed by atoms with Gasteiger partial charge in [-0.05, 0) is 90.6 Å². The summed E-state index contributed by atoms with van der Waals surface area (Å²) in [6.07, 6.45) is 3.90. The Balaban J connectivity index is 1.76. The number of fused-ring (bicyclic) bond motifs is 1. The molecule has 2 aliphatic rings. The Morgan fingerprint density at radius 2 is 1.39 bits per heavy atom. The molecule has 0 N–H and O–H groups in total. The van der Waals surface area contributed by atoms with Gasteiger partial charge in [-0.2, -0.15) is 0 Å². The number of nitrogens with zero attached hydrogens (tertiary/aromatic N) is 1. The fraction of sp³-hybridized carbons (Fsp3) is 0.433. The van der Waals surface area contributed by atoms with E-state index in [2.05, 4.69) is 18.0 Å². The molecule has 4 rings (SSSR count). The van der Waals surface area contributed by atoms with Gasteiger partial charge in [0.1, 0.15) is 6.10 Å². The van der Waals surface area contributed by atoms with Crippen LogP contribution in [0.15, 0.2) is 29.8 Å². The SMILES string of the molecule is COc1cc2c(cc1OC)/C(=C\c1cc(OC)c(OC)c(OC)c1)C(C)=C2CC(=O)OC1CCN(C)CC1. The largest absolute Gasteiger partial charge is 0.493 e. The Bertz CT molecular complexity index is 1230. The van der Waals surface area contributed by atoms with Crippen LogP contribution in [0.2, 0.25) is 0 Å². The van der Waals surface area contributed by atoms with Crippen LogP contribution >= 0.6 is 0 Å². The molecule has 204 valence electrons. The van der Waals surface area contributed by atoms with Gasteiger partial charge in [-0.15, -0.1) is 0 Å². The summed E-state index contributed by atoms with van der Waals surface area (Å²) < 4.78 is 33.7. The number of hydrogen-bond donors (Lipinski definition) is 0. The summed E-state index contributed by atoms with van der Waals surface area (Å²) in [6.45, 7) is 3.89. The average Bonchev–Trinajstić information content (AvgIpc) is 3.17. The number of allylic oxidation sites excluding steroid dienone is 2. The van der Waals surface area contributed by atoms with Crippen molar-refractivity contribution in [3.63, 3.8) is 0 Å². The number of likely N-dealkylation sites (tertiary alicyclic amines) is 1. The molecule has 8 nitrogen and oxygen atoms in total. The molecule has 0 amide bonds. The van der Waals surface area contributed by atoms with E-state index in [9.17, 15) is 4.79 Å². The van der Waals surface area contributed by atoms with Crippen molar-refractivity contribution in [3.8, 4) is 28.7 Å². The standard InChI is InChI=1S/C30H37NO7/c1-18-21(12-19-13-27(35-5)30(37-7)28(14-19)36-6)23-15-25(33-3)26(34-4)16-24(23)22(18)17-29(32)38-20-8-10-31(2)11-9-20/h12-16,20H,8-11,17H2,1-7H3/b21-12-. The first-order valence-electron chi connectivity index (χ1n) is 12.7. The molecule has 1 aliphatic carbocycles. The molecular formula is C30H37NO7. The monoisotopic (exact) mass is 523 g/mol. The Hall–Kier alpha value is -3.65. The number of esters is 1. The van der Waals surface area contributed by atoms with Crippen LogP contribution in [0.3, 0.4) is 0 Å². The second-order valence-electron chi connectivity index (χ2n) is 9.54. The van der Waals surface area contributed by atoms with Gasteiger partial charge in [0, 0.05) is 13.1 Å². The molecule has 1 saturated heterocycles. The number of methoxy groups -OCH3 is 5. The second-order valence-corrected chi connectivity index (χ2v) is 9.54. The molecule has 2 aromatic rings. The summed E-state index contributed by atoms with van der Waals surface area (Å²) in [5.41, 5.74) is 5.62. The molecule has 8 heteroatoms. The van der Waals surface area contributed by atoms with E-state index >= 15 is 0 Å². The van der Waals surface area contributed by atoms with Crippen molar-refractivity contribution >= 4 is 23.2 Å². The predicted molar refractivity (Wildman–Crippen MR) is 147 cm³/mol. The zero-order chi connectivity index (χ0) is 27.4. The van der Waals surface area contributed by atoms with E-state index in [0.717, 1.165) is 59.3 Å². The number of rotatable bonds is 9. The highest BCUT2D eigenvalue weighted by Crippen LogP contribution is 2.48. The first-order chi connectivity index (χ1) is 18.3. The molecule has 1 aliphatic heterocycles. The van der Waals surface area contributed by atoms with Crippen LogP contribution in [0.25, 0.3) is 17.2 Å². The zero-order valence-corrected chi connectivity index (χ0v) is 23.3. The summed E-state index contributed by atoms with van der Waals surface area (Å²) in [4.78, 5) is 15.3. The number of piperidine rings is 1. The van der Waals surface area contributed by atoms with E-state index in [0.29, 0.717) is 28.7 Å². The van der Waals surface area contributed by atoms with Crippen molar-refractivity contribution in [2.75, 3.05) is 55.7 Å². The van der Waals surface area contributed by atoms with Gasteiger partial charge in [-0.1, -0.05) is 0 Å². The third-order valence-electron chi connectivity index (χ3n) is 7.28. The molecule has 0 atom stereocenters. The summed E-state index contributed by atoms with van der Waals surface area (Å²) in [5.74, 6) is 2.66. The molecule has 1 heterocycles. The Morgan fingerprint density at radius 1 is 0.842 bits per heavy atom. The minimum Gasteiger partial charge on any atom is -0.493 e. The Labute approximate surface area is 224 Å². The average molecular weight is 524 g/mol. The molecule has 0 saturated carbocycles. The Kier molecular flexibility index (Phi) is 8.52. The maximum Gasteiger partial charge on any atom is 0.310 e. The first kappa shape index (κ1) is 27.4. The maximum absolute atomic E-state index is 13.1.